The molecule has 3 N–H and O–H groups in total. The molecule has 1 aliphatic rings. The number of hydrogen-bond acceptors (Lipinski definition) is 5. The molecule has 1 aliphatic heterocycles. The van der Waals surface area contributed by atoms with E-state index >= 15 is 0 Å². The van der Waals surface area contributed by atoms with Crippen LogP contribution in [-0.4, -0.2) is 46.9 Å². The Balaban J connectivity index is 1.47. The summed E-state index contributed by atoms with van der Waals surface area (Å²) in [4.78, 5) is 34.9. The van der Waals surface area contributed by atoms with Crippen molar-refractivity contribution in [3.8, 4) is 5.69 Å². The van der Waals surface area contributed by atoms with Crippen LogP contribution >= 0.6 is 0 Å². The van der Waals surface area contributed by atoms with Crippen molar-refractivity contribution in [2.24, 2.45) is 0 Å². The Bertz CT molecular complexity index is 879. The fourth-order valence-electron chi connectivity index (χ4n) is 3.09. The summed E-state index contributed by atoms with van der Waals surface area (Å²) < 4.78 is 6.53. The van der Waals surface area contributed by atoms with Crippen LogP contribution in [0.3, 0.4) is 0 Å². The molecule has 0 spiro atoms. The molecule has 2 heterocycles. The van der Waals surface area contributed by atoms with Gasteiger partial charge in [-0.25, -0.2) is 14.3 Å². The smallest absolute Gasteiger partial charge is 0.358 e. The molecule has 0 unspecified atom stereocenters. The number of benzene rings is 1. The minimum absolute atomic E-state index is 0.0749. The van der Waals surface area contributed by atoms with Gasteiger partial charge in [-0.2, -0.15) is 5.10 Å². The summed E-state index contributed by atoms with van der Waals surface area (Å²) in [5.41, 5.74) is 1.92. The van der Waals surface area contributed by atoms with E-state index in [0.717, 1.165) is 24.1 Å². The van der Waals surface area contributed by atoms with Gasteiger partial charge in [0.05, 0.1) is 12.3 Å². The summed E-state index contributed by atoms with van der Waals surface area (Å²) in [7, 11) is 0. The second-order valence-electron chi connectivity index (χ2n) is 6.74. The van der Waals surface area contributed by atoms with Gasteiger partial charge in [0, 0.05) is 31.7 Å². The van der Waals surface area contributed by atoms with Crippen molar-refractivity contribution >= 4 is 17.9 Å². The average molecular weight is 399 g/mol. The minimum Gasteiger partial charge on any atom is -0.461 e. The largest absolute Gasteiger partial charge is 0.461 e. The zero-order valence-corrected chi connectivity index (χ0v) is 16.3. The molecule has 9 heteroatoms. The third kappa shape index (κ3) is 5.81. The van der Waals surface area contributed by atoms with Gasteiger partial charge in [0.2, 0.25) is 5.91 Å². The van der Waals surface area contributed by atoms with Gasteiger partial charge in [0.15, 0.2) is 5.69 Å². The van der Waals surface area contributed by atoms with E-state index in [9.17, 15) is 14.4 Å². The molecule has 1 aromatic carbocycles. The van der Waals surface area contributed by atoms with Crippen molar-refractivity contribution in [1.29, 1.82) is 0 Å². The van der Waals surface area contributed by atoms with Crippen LogP contribution in [0, 0.1) is 0 Å². The van der Waals surface area contributed by atoms with Crippen molar-refractivity contribution in [1.82, 2.24) is 25.7 Å². The predicted molar refractivity (Wildman–Crippen MR) is 106 cm³/mol. The summed E-state index contributed by atoms with van der Waals surface area (Å²) in [5, 5.41) is 12.7. The minimum atomic E-state index is -0.460. The number of nitrogens with zero attached hydrogens (tertiary/aromatic N) is 2. The molecule has 0 bridgehead atoms. The van der Waals surface area contributed by atoms with Crippen LogP contribution in [0.1, 0.15) is 42.2 Å². The number of aromatic nitrogens is 2. The highest BCUT2D eigenvalue weighted by Crippen LogP contribution is 2.12. The normalized spacial score (nSPS) is 15.6. The van der Waals surface area contributed by atoms with E-state index in [2.05, 4.69) is 21.0 Å². The summed E-state index contributed by atoms with van der Waals surface area (Å²) >= 11 is 0. The number of nitrogens with one attached hydrogen (secondary N) is 3. The van der Waals surface area contributed by atoms with Crippen LogP contribution in [-0.2, 0) is 16.1 Å². The Labute approximate surface area is 168 Å². The van der Waals surface area contributed by atoms with E-state index in [1.807, 2.05) is 24.3 Å². The SMILES string of the molecule is CCOC(=O)c1ccn(-c2cccc(CNC(=O)NCC[C@@H]3CCC(=O)N3)c2)n1. The quantitative estimate of drug-likeness (QED) is 0.582. The maximum atomic E-state index is 12.0. The Kier molecular flexibility index (Phi) is 6.83. The van der Waals surface area contributed by atoms with Crippen LogP contribution in [0.5, 0.6) is 0 Å². The lowest BCUT2D eigenvalue weighted by Gasteiger charge is -2.12. The van der Waals surface area contributed by atoms with Gasteiger partial charge >= 0.3 is 12.0 Å². The molecule has 2 aromatic rings. The second-order valence-corrected chi connectivity index (χ2v) is 6.74. The summed E-state index contributed by atoms with van der Waals surface area (Å²) in [6.07, 6.45) is 3.79. The third-order valence-electron chi connectivity index (χ3n) is 4.57. The first-order valence-electron chi connectivity index (χ1n) is 9.68. The Morgan fingerprint density at radius 1 is 1.31 bits per heavy atom. The van der Waals surface area contributed by atoms with E-state index in [1.54, 1.807) is 23.9 Å². The highest BCUT2D eigenvalue weighted by atomic mass is 16.5. The maximum Gasteiger partial charge on any atom is 0.358 e. The maximum absolute atomic E-state index is 12.0. The molecule has 1 saturated heterocycles. The van der Waals surface area contributed by atoms with Crippen LogP contribution in [0.15, 0.2) is 36.5 Å². The van der Waals surface area contributed by atoms with Gasteiger partial charge in [-0.3, -0.25) is 4.79 Å². The number of amides is 3. The molecule has 1 atom stereocenters. The van der Waals surface area contributed by atoms with Crippen molar-refractivity contribution in [2.75, 3.05) is 13.2 Å². The van der Waals surface area contributed by atoms with Gasteiger partial charge in [-0.05, 0) is 43.5 Å². The van der Waals surface area contributed by atoms with E-state index in [-0.39, 0.29) is 23.7 Å². The number of hydrogen-bond donors (Lipinski definition) is 3. The molecule has 0 saturated carbocycles. The Morgan fingerprint density at radius 3 is 2.93 bits per heavy atom. The molecule has 154 valence electrons. The van der Waals surface area contributed by atoms with E-state index in [4.69, 9.17) is 4.74 Å². The summed E-state index contributed by atoms with van der Waals surface area (Å²) in [6.45, 7) is 2.89. The highest BCUT2D eigenvalue weighted by molar-refractivity contribution is 5.87. The number of carbonyl (C=O) groups is 3. The van der Waals surface area contributed by atoms with Crippen LogP contribution in [0.25, 0.3) is 5.69 Å². The lowest BCUT2D eigenvalue weighted by Crippen LogP contribution is -2.38. The Hall–Kier alpha value is -3.36. The second kappa shape index (κ2) is 9.72. The topological polar surface area (TPSA) is 114 Å². The van der Waals surface area contributed by atoms with Crippen LogP contribution in [0.2, 0.25) is 0 Å². The first kappa shape index (κ1) is 20.4. The molecule has 0 aliphatic carbocycles. The number of esters is 1. The zero-order chi connectivity index (χ0) is 20.6. The molecule has 9 nitrogen and oxygen atoms in total. The van der Waals surface area contributed by atoms with Gasteiger partial charge in [0.1, 0.15) is 0 Å². The molecule has 3 amide bonds. The summed E-state index contributed by atoms with van der Waals surface area (Å²) in [6, 6.07) is 8.99. The van der Waals surface area contributed by atoms with Crippen molar-refractivity contribution in [2.45, 2.75) is 38.8 Å². The molecule has 1 aromatic heterocycles. The molecule has 29 heavy (non-hydrogen) atoms. The van der Waals surface area contributed by atoms with Crippen molar-refractivity contribution in [3.05, 3.63) is 47.8 Å². The number of carbonyl (C=O) groups excluding carboxylic acids is 3. The van der Waals surface area contributed by atoms with Crippen molar-refractivity contribution < 1.29 is 19.1 Å². The standard InChI is InChI=1S/C20H25N5O4/c1-2-29-19(27)17-9-11-25(24-17)16-5-3-4-14(12-16)13-22-20(28)21-10-8-15-6-7-18(26)23-15/h3-5,9,11-12,15H,2,6-8,10,13H2,1H3,(H,23,26)(H2,21,22,28)/t15-/m0/s1. The van der Waals surface area contributed by atoms with Gasteiger partial charge < -0.3 is 20.7 Å². The lowest BCUT2D eigenvalue weighted by molar-refractivity contribution is -0.119. The monoisotopic (exact) mass is 399 g/mol. The summed E-state index contributed by atoms with van der Waals surface area (Å²) in [5.74, 6) is -0.385. The van der Waals surface area contributed by atoms with Crippen LogP contribution < -0.4 is 16.0 Å². The van der Waals surface area contributed by atoms with E-state index in [0.29, 0.717) is 26.1 Å². The zero-order valence-electron chi connectivity index (χ0n) is 16.3. The highest BCUT2D eigenvalue weighted by Gasteiger charge is 2.20. The fraction of sp³-hybridized carbons (Fsp3) is 0.400. The first-order chi connectivity index (χ1) is 14.0. The third-order valence-corrected chi connectivity index (χ3v) is 4.57. The van der Waals surface area contributed by atoms with Gasteiger partial charge in [-0.1, -0.05) is 12.1 Å². The lowest BCUT2D eigenvalue weighted by atomic mass is 10.1. The molecular weight excluding hydrogens is 374 g/mol. The number of ether oxygens (including phenoxy) is 1. The van der Waals surface area contributed by atoms with Gasteiger partial charge in [0.25, 0.3) is 0 Å². The number of rotatable bonds is 8. The molecule has 3 rings (SSSR count). The van der Waals surface area contributed by atoms with Crippen molar-refractivity contribution in [3.63, 3.8) is 0 Å². The molecular formula is C20H25N5O4. The fourth-order valence-corrected chi connectivity index (χ4v) is 3.09. The van der Waals surface area contributed by atoms with E-state index < -0.39 is 5.97 Å². The number of urea groups is 1. The van der Waals surface area contributed by atoms with Crippen LogP contribution in [0.4, 0.5) is 4.79 Å². The van der Waals surface area contributed by atoms with Gasteiger partial charge in [-0.15, -0.1) is 0 Å². The molecule has 1 fully saturated rings. The predicted octanol–water partition coefficient (Wildman–Crippen LogP) is 1.52. The average Bonchev–Trinajstić information content (AvgIpc) is 3.36. The first-order valence-corrected chi connectivity index (χ1v) is 9.68. The Morgan fingerprint density at radius 2 is 2.17 bits per heavy atom. The van der Waals surface area contributed by atoms with E-state index in [1.165, 1.54) is 0 Å². The molecule has 0 radical (unpaired) electrons.